The van der Waals surface area contributed by atoms with Crippen molar-refractivity contribution in [1.82, 2.24) is 5.32 Å². The fourth-order valence-electron chi connectivity index (χ4n) is 2.40. The molecule has 3 heteroatoms. The van der Waals surface area contributed by atoms with Crippen LogP contribution in [0.4, 0.5) is 4.39 Å². The highest BCUT2D eigenvalue weighted by Crippen LogP contribution is 2.25. The van der Waals surface area contributed by atoms with Crippen molar-refractivity contribution in [3.63, 3.8) is 0 Å². The normalized spacial score (nSPS) is 16.1. The van der Waals surface area contributed by atoms with E-state index in [2.05, 4.69) is 12.2 Å². The molecule has 2 rings (SSSR count). The molecule has 0 aliphatic heterocycles. The van der Waals surface area contributed by atoms with Gasteiger partial charge in [-0.3, -0.25) is 0 Å². The third kappa shape index (κ3) is 3.98. The van der Waals surface area contributed by atoms with Gasteiger partial charge in [-0.05, 0) is 56.3 Å². The Kier molecular flexibility index (Phi) is 5.00. The van der Waals surface area contributed by atoms with Crippen LogP contribution in [0.2, 0.25) is 0 Å². The van der Waals surface area contributed by atoms with Crippen molar-refractivity contribution in [3.8, 4) is 5.75 Å². The zero-order valence-corrected chi connectivity index (χ0v) is 11.0. The molecular weight excluding hydrogens is 229 g/mol. The number of rotatable bonds is 6. The van der Waals surface area contributed by atoms with Gasteiger partial charge in [-0.2, -0.15) is 0 Å². The predicted octanol–water partition coefficient (Wildman–Crippen LogP) is 3.65. The van der Waals surface area contributed by atoms with E-state index in [1.165, 1.54) is 18.9 Å². The maximum atomic E-state index is 13.5. The van der Waals surface area contributed by atoms with Crippen molar-refractivity contribution in [2.45, 2.75) is 51.7 Å². The van der Waals surface area contributed by atoms with Gasteiger partial charge < -0.3 is 10.1 Å². The van der Waals surface area contributed by atoms with Crippen LogP contribution in [0, 0.1) is 5.82 Å². The molecule has 1 aromatic rings. The molecule has 0 saturated heterocycles. The molecular formula is C15H22FNO. The van der Waals surface area contributed by atoms with Crippen molar-refractivity contribution < 1.29 is 9.13 Å². The fourth-order valence-corrected chi connectivity index (χ4v) is 2.40. The lowest BCUT2D eigenvalue weighted by molar-refractivity contribution is 0.209. The fraction of sp³-hybridized carbons (Fsp3) is 0.600. The minimum Gasteiger partial charge on any atom is -0.490 e. The van der Waals surface area contributed by atoms with Crippen LogP contribution in [0.1, 0.15) is 44.6 Å². The summed E-state index contributed by atoms with van der Waals surface area (Å²) in [5.41, 5.74) is 0.955. The summed E-state index contributed by atoms with van der Waals surface area (Å²) >= 11 is 0. The van der Waals surface area contributed by atoms with Crippen LogP contribution in [0.5, 0.6) is 5.75 Å². The number of nitrogens with one attached hydrogen (secondary N) is 1. The summed E-state index contributed by atoms with van der Waals surface area (Å²) < 4.78 is 19.3. The molecule has 0 heterocycles. The zero-order valence-electron chi connectivity index (χ0n) is 11.0. The molecule has 1 aliphatic rings. The Balaban J connectivity index is 1.96. The van der Waals surface area contributed by atoms with E-state index in [1.54, 1.807) is 6.07 Å². The molecule has 1 aromatic carbocycles. The average Bonchev–Trinajstić information content (AvgIpc) is 2.81. The first-order chi connectivity index (χ1) is 8.78. The molecule has 1 N–H and O–H groups in total. The molecule has 1 fully saturated rings. The van der Waals surface area contributed by atoms with Gasteiger partial charge in [0.15, 0.2) is 0 Å². The van der Waals surface area contributed by atoms with E-state index in [0.717, 1.165) is 31.4 Å². The van der Waals surface area contributed by atoms with Crippen LogP contribution in [0.25, 0.3) is 0 Å². The second-order valence-electron chi connectivity index (χ2n) is 5.00. The first kappa shape index (κ1) is 13.3. The monoisotopic (exact) mass is 251 g/mol. The Bertz CT molecular complexity index is 375. The highest BCUT2D eigenvalue weighted by Gasteiger charge is 2.16. The summed E-state index contributed by atoms with van der Waals surface area (Å²) in [5.74, 6) is 0.467. The van der Waals surface area contributed by atoms with Gasteiger partial charge in [-0.15, -0.1) is 0 Å². The van der Waals surface area contributed by atoms with Crippen LogP contribution >= 0.6 is 0 Å². The smallest absolute Gasteiger partial charge is 0.127 e. The molecule has 0 spiro atoms. The van der Waals surface area contributed by atoms with Crippen LogP contribution in [-0.2, 0) is 6.54 Å². The minimum atomic E-state index is -0.209. The summed E-state index contributed by atoms with van der Waals surface area (Å²) in [6.07, 6.45) is 6.01. The molecule has 1 saturated carbocycles. The van der Waals surface area contributed by atoms with Gasteiger partial charge in [0.1, 0.15) is 11.6 Å². The Morgan fingerprint density at radius 2 is 2.06 bits per heavy atom. The molecule has 0 atom stereocenters. The van der Waals surface area contributed by atoms with Crippen molar-refractivity contribution in [2.24, 2.45) is 0 Å². The number of hydrogen-bond donors (Lipinski definition) is 1. The Morgan fingerprint density at radius 3 is 2.78 bits per heavy atom. The van der Waals surface area contributed by atoms with Gasteiger partial charge in [-0.25, -0.2) is 4.39 Å². The van der Waals surface area contributed by atoms with Crippen molar-refractivity contribution in [2.75, 3.05) is 6.54 Å². The molecule has 1 aliphatic carbocycles. The van der Waals surface area contributed by atoms with E-state index < -0.39 is 0 Å². The topological polar surface area (TPSA) is 21.3 Å². The third-order valence-electron chi connectivity index (χ3n) is 3.29. The van der Waals surface area contributed by atoms with Gasteiger partial charge >= 0.3 is 0 Å². The van der Waals surface area contributed by atoms with E-state index in [-0.39, 0.29) is 11.9 Å². The number of ether oxygens (including phenoxy) is 1. The predicted molar refractivity (Wildman–Crippen MR) is 71.3 cm³/mol. The summed E-state index contributed by atoms with van der Waals surface area (Å²) in [7, 11) is 0. The Morgan fingerprint density at radius 1 is 1.28 bits per heavy atom. The third-order valence-corrected chi connectivity index (χ3v) is 3.29. The molecule has 0 amide bonds. The molecule has 2 nitrogen and oxygen atoms in total. The van der Waals surface area contributed by atoms with Crippen LogP contribution in [-0.4, -0.2) is 12.6 Å². The Hall–Kier alpha value is -1.09. The highest BCUT2D eigenvalue weighted by molar-refractivity contribution is 5.29. The summed E-state index contributed by atoms with van der Waals surface area (Å²) in [5, 5.41) is 3.28. The second-order valence-corrected chi connectivity index (χ2v) is 5.00. The zero-order chi connectivity index (χ0) is 12.8. The molecule has 0 aromatic heterocycles. The molecule has 0 radical (unpaired) electrons. The van der Waals surface area contributed by atoms with Crippen LogP contribution in [0.3, 0.4) is 0 Å². The van der Waals surface area contributed by atoms with E-state index in [9.17, 15) is 4.39 Å². The maximum Gasteiger partial charge on any atom is 0.127 e. The first-order valence-corrected chi connectivity index (χ1v) is 6.95. The summed E-state index contributed by atoms with van der Waals surface area (Å²) in [4.78, 5) is 0. The first-order valence-electron chi connectivity index (χ1n) is 6.95. The average molecular weight is 251 g/mol. The molecule has 18 heavy (non-hydrogen) atoms. The standard InChI is InChI=1S/C15H22FNO/c1-2-7-17-11-12-8-13(16)10-15(9-12)18-14-5-3-4-6-14/h8-10,14,17H,2-7,11H2,1H3. The van der Waals surface area contributed by atoms with E-state index >= 15 is 0 Å². The van der Waals surface area contributed by atoms with E-state index in [4.69, 9.17) is 4.74 Å². The van der Waals surface area contributed by atoms with E-state index in [1.807, 2.05) is 6.07 Å². The van der Waals surface area contributed by atoms with Gasteiger partial charge in [0.05, 0.1) is 6.10 Å². The van der Waals surface area contributed by atoms with Gasteiger partial charge in [0, 0.05) is 12.6 Å². The summed E-state index contributed by atoms with van der Waals surface area (Å²) in [6, 6.07) is 5.01. The Labute approximate surface area is 109 Å². The lowest BCUT2D eigenvalue weighted by atomic mass is 10.2. The number of benzene rings is 1. The lowest BCUT2D eigenvalue weighted by Crippen LogP contribution is -2.15. The molecule has 100 valence electrons. The van der Waals surface area contributed by atoms with Crippen molar-refractivity contribution >= 4 is 0 Å². The molecule has 0 bridgehead atoms. The largest absolute Gasteiger partial charge is 0.490 e. The van der Waals surface area contributed by atoms with Gasteiger partial charge in [0.2, 0.25) is 0 Å². The maximum absolute atomic E-state index is 13.5. The quantitative estimate of drug-likeness (QED) is 0.779. The van der Waals surface area contributed by atoms with Crippen molar-refractivity contribution in [3.05, 3.63) is 29.6 Å². The summed E-state index contributed by atoms with van der Waals surface area (Å²) in [6.45, 7) is 3.77. The number of halogens is 1. The van der Waals surface area contributed by atoms with Gasteiger partial charge in [-0.1, -0.05) is 6.92 Å². The molecule has 0 unspecified atom stereocenters. The van der Waals surface area contributed by atoms with E-state index in [0.29, 0.717) is 12.3 Å². The van der Waals surface area contributed by atoms with Gasteiger partial charge in [0.25, 0.3) is 0 Å². The second kappa shape index (κ2) is 6.74. The minimum absolute atomic E-state index is 0.209. The van der Waals surface area contributed by atoms with Crippen LogP contribution < -0.4 is 10.1 Å². The van der Waals surface area contributed by atoms with Crippen molar-refractivity contribution in [1.29, 1.82) is 0 Å². The highest BCUT2D eigenvalue weighted by atomic mass is 19.1. The lowest BCUT2D eigenvalue weighted by Gasteiger charge is -2.14. The SMILES string of the molecule is CCCNCc1cc(F)cc(OC2CCCC2)c1. The van der Waals surface area contributed by atoms with Crippen LogP contribution in [0.15, 0.2) is 18.2 Å². The number of hydrogen-bond acceptors (Lipinski definition) is 2.